The predicted molar refractivity (Wildman–Crippen MR) is 83.0 cm³/mol. The van der Waals surface area contributed by atoms with Gasteiger partial charge in [0.05, 0.1) is 0 Å². The highest BCUT2D eigenvalue weighted by Gasteiger charge is 2.12. The summed E-state index contributed by atoms with van der Waals surface area (Å²) >= 11 is 3.40. The molecule has 1 amide bonds. The van der Waals surface area contributed by atoms with Crippen LogP contribution in [0, 0.1) is 0 Å². The van der Waals surface area contributed by atoms with Gasteiger partial charge in [0.2, 0.25) is 5.91 Å². The maximum Gasteiger partial charge on any atom is 0.223 e. The van der Waals surface area contributed by atoms with Gasteiger partial charge in [0.1, 0.15) is 0 Å². The Morgan fingerprint density at radius 3 is 2.37 bits per heavy atom. The average molecular weight is 327 g/mol. The topological polar surface area (TPSA) is 32.3 Å². The highest BCUT2D eigenvalue weighted by atomic mass is 79.9. The molecule has 0 heterocycles. The SMILES string of the molecule is CN(Cc1ccc(Br)cc1)C(=O)CCNC(C)(C)C. The summed E-state index contributed by atoms with van der Waals surface area (Å²) in [6.45, 7) is 7.67. The molecule has 0 bridgehead atoms. The average Bonchev–Trinajstić information content (AvgIpc) is 2.30. The molecule has 0 spiro atoms. The summed E-state index contributed by atoms with van der Waals surface area (Å²) in [6, 6.07) is 8.05. The lowest BCUT2D eigenvalue weighted by Crippen LogP contribution is -2.38. The quantitative estimate of drug-likeness (QED) is 0.901. The van der Waals surface area contributed by atoms with Crippen molar-refractivity contribution in [3.63, 3.8) is 0 Å². The van der Waals surface area contributed by atoms with Gasteiger partial charge in [0.15, 0.2) is 0 Å². The lowest BCUT2D eigenvalue weighted by Gasteiger charge is -2.22. The zero-order chi connectivity index (χ0) is 14.5. The predicted octanol–water partition coefficient (Wildman–Crippen LogP) is 3.19. The van der Waals surface area contributed by atoms with Crippen molar-refractivity contribution in [3.8, 4) is 0 Å². The van der Waals surface area contributed by atoms with Crippen molar-refractivity contribution in [2.45, 2.75) is 39.3 Å². The van der Waals surface area contributed by atoms with Gasteiger partial charge in [-0.1, -0.05) is 28.1 Å². The van der Waals surface area contributed by atoms with Crippen molar-refractivity contribution in [1.82, 2.24) is 10.2 Å². The summed E-state index contributed by atoms with van der Waals surface area (Å²) in [5.74, 6) is 0.166. The van der Waals surface area contributed by atoms with Crippen LogP contribution in [0.3, 0.4) is 0 Å². The Morgan fingerprint density at radius 2 is 1.84 bits per heavy atom. The monoisotopic (exact) mass is 326 g/mol. The second-order valence-corrected chi connectivity index (χ2v) is 6.72. The van der Waals surface area contributed by atoms with Crippen molar-refractivity contribution in [2.75, 3.05) is 13.6 Å². The van der Waals surface area contributed by atoms with Gasteiger partial charge in [-0.3, -0.25) is 4.79 Å². The van der Waals surface area contributed by atoms with Crippen molar-refractivity contribution in [3.05, 3.63) is 34.3 Å². The van der Waals surface area contributed by atoms with E-state index in [9.17, 15) is 4.79 Å². The molecule has 0 aliphatic heterocycles. The van der Waals surface area contributed by atoms with E-state index >= 15 is 0 Å². The van der Waals surface area contributed by atoms with Crippen LogP contribution in [0.1, 0.15) is 32.8 Å². The van der Waals surface area contributed by atoms with E-state index in [1.165, 1.54) is 0 Å². The van der Waals surface area contributed by atoms with Crippen LogP contribution in [0.5, 0.6) is 0 Å². The molecule has 0 unspecified atom stereocenters. The Balaban J connectivity index is 2.38. The normalized spacial score (nSPS) is 11.4. The molecule has 0 aliphatic carbocycles. The van der Waals surface area contributed by atoms with E-state index in [-0.39, 0.29) is 11.4 Å². The first-order valence-electron chi connectivity index (χ1n) is 6.51. The molecule has 3 nitrogen and oxygen atoms in total. The highest BCUT2D eigenvalue weighted by Crippen LogP contribution is 2.12. The highest BCUT2D eigenvalue weighted by molar-refractivity contribution is 9.10. The van der Waals surface area contributed by atoms with Gasteiger partial charge in [0.25, 0.3) is 0 Å². The molecule has 4 heteroatoms. The molecule has 19 heavy (non-hydrogen) atoms. The third-order valence-corrected chi connectivity index (χ3v) is 3.28. The third kappa shape index (κ3) is 6.73. The van der Waals surface area contributed by atoms with E-state index in [0.717, 1.165) is 10.0 Å². The number of hydrogen-bond donors (Lipinski definition) is 1. The molecule has 0 aromatic heterocycles. The van der Waals surface area contributed by atoms with Crippen molar-refractivity contribution in [1.29, 1.82) is 0 Å². The number of halogens is 1. The first-order chi connectivity index (χ1) is 8.78. The van der Waals surface area contributed by atoms with E-state index in [2.05, 4.69) is 42.0 Å². The van der Waals surface area contributed by atoms with Crippen molar-refractivity contribution >= 4 is 21.8 Å². The fourth-order valence-electron chi connectivity index (χ4n) is 1.69. The van der Waals surface area contributed by atoms with Crippen LogP contribution < -0.4 is 5.32 Å². The molecule has 0 atom stereocenters. The Kier molecular flexibility index (Phi) is 6.01. The smallest absolute Gasteiger partial charge is 0.223 e. The zero-order valence-electron chi connectivity index (χ0n) is 12.2. The fourth-order valence-corrected chi connectivity index (χ4v) is 1.95. The van der Waals surface area contributed by atoms with E-state index < -0.39 is 0 Å². The van der Waals surface area contributed by atoms with Crippen LogP contribution in [-0.4, -0.2) is 29.9 Å². The Bertz CT molecular complexity index is 409. The number of nitrogens with one attached hydrogen (secondary N) is 1. The summed E-state index contributed by atoms with van der Waals surface area (Å²) in [7, 11) is 1.85. The van der Waals surface area contributed by atoms with Gasteiger partial charge in [0, 0.05) is 36.6 Å². The van der Waals surface area contributed by atoms with Gasteiger partial charge in [-0.15, -0.1) is 0 Å². The van der Waals surface area contributed by atoms with E-state index in [4.69, 9.17) is 0 Å². The van der Waals surface area contributed by atoms with Crippen LogP contribution in [0.25, 0.3) is 0 Å². The molecule has 0 fully saturated rings. The molecule has 1 rings (SSSR count). The molecule has 0 radical (unpaired) electrons. The Hall–Kier alpha value is -0.870. The molecule has 1 aromatic carbocycles. The lowest BCUT2D eigenvalue weighted by molar-refractivity contribution is -0.130. The summed E-state index contributed by atoms with van der Waals surface area (Å²) in [5.41, 5.74) is 1.20. The molecule has 1 aromatic rings. The van der Waals surface area contributed by atoms with Crippen molar-refractivity contribution in [2.24, 2.45) is 0 Å². The summed E-state index contributed by atoms with van der Waals surface area (Å²) in [4.78, 5) is 13.7. The maximum atomic E-state index is 12.0. The number of benzene rings is 1. The minimum Gasteiger partial charge on any atom is -0.341 e. The zero-order valence-corrected chi connectivity index (χ0v) is 13.8. The molecule has 0 saturated carbocycles. The number of amides is 1. The standard InChI is InChI=1S/C15H23BrN2O/c1-15(2,3)17-10-9-14(19)18(4)11-12-5-7-13(16)8-6-12/h5-8,17H,9-11H2,1-4H3. The first kappa shape index (κ1) is 16.2. The molecule has 0 saturated heterocycles. The number of rotatable bonds is 5. The van der Waals surface area contributed by atoms with Crippen molar-refractivity contribution < 1.29 is 4.79 Å². The summed E-state index contributed by atoms with van der Waals surface area (Å²) < 4.78 is 1.06. The first-order valence-corrected chi connectivity index (χ1v) is 7.31. The lowest BCUT2D eigenvalue weighted by atomic mass is 10.1. The largest absolute Gasteiger partial charge is 0.341 e. The Morgan fingerprint density at radius 1 is 1.26 bits per heavy atom. The molecule has 0 aliphatic rings. The van der Waals surface area contributed by atoms with Gasteiger partial charge in [-0.2, -0.15) is 0 Å². The number of carbonyl (C=O) groups is 1. The third-order valence-electron chi connectivity index (χ3n) is 2.75. The van der Waals surface area contributed by atoms with Gasteiger partial charge in [-0.25, -0.2) is 0 Å². The van der Waals surface area contributed by atoms with E-state index in [1.54, 1.807) is 4.90 Å². The van der Waals surface area contributed by atoms with Crippen LogP contribution >= 0.6 is 15.9 Å². The van der Waals surface area contributed by atoms with Gasteiger partial charge >= 0.3 is 0 Å². The Labute approximate surface area is 124 Å². The van der Waals surface area contributed by atoms with Crippen LogP contribution in [0.4, 0.5) is 0 Å². The minimum absolute atomic E-state index is 0.0601. The van der Waals surface area contributed by atoms with Crippen LogP contribution in [0.15, 0.2) is 28.7 Å². The number of carbonyl (C=O) groups excluding carboxylic acids is 1. The van der Waals surface area contributed by atoms with E-state index in [0.29, 0.717) is 19.5 Å². The molecule has 1 N–H and O–H groups in total. The van der Waals surface area contributed by atoms with Crippen LogP contribution in [0.2, 0.25) is 0 Å². The molecular weight excluding hydrogens is 304 g/mol. The van der Waals surface area contributed by atoms with Crippen LogP contribution in [-0.2, 0) is 11.3 Å². The fraction of sp³-hybridized carbons (Fsp3) is 0.533. The van der Waals surface area contributed by atoms with Gasteiger partial charge in [-0.05, 0) is 38.5 Å². The summed E-state index contributed by atoms with van der Waals surface area (Å²) in [5, 5.41) is 3.33. The maximum absolute atomic E-state index is 12.0. The van der Waals surface area contributed by atoms with E-state index in [1.807, 2.05) is 31.3 Å². The van der Waals surface area contributed by atoms with Gasteiger partial charge < -0.3 is 10.2 Å². The second-order valence-electron chi connectivity index (χ2n) is 5.80. The molecular formula is C15H23BrN2O. The number of nitrogens with zero attached hydrogens (tertiary/aromatic N) is 1. The molecule has 106 valence electrons. The summed E-state index contributed by atoms with van der Waals surface area (Å²) in [6.07, 6.45) is 0.532. The number of hydrogen-bond acceptors (Lipinski definition) is 2. The second kappa shape index (κ2) is 7.06. The minimum atomic E-state index is 0.0601.